The van der Waals surface area contributed by atoms with Gasteiger partial charge in [-0.25, -0.2) is 0 Å². The summed E-state index contributed by atoms with van der Waals surface area (Å²) in [6, 6.07) is 0. The Balaban J connectivity index is 2.07. The van der Waals surface area contributed by atoms with E-state index in [0.29, 0.717) is 5.82 Å². The molecule has 0 unspecified atom stereocenters. The summed E-state index contributed by atoms with van der Waals surface area (Å²) in [6.45, 7) is 1.56. The maximum Gasteiger partial charge on any atom is 0.253 e. The second-order valence-electron chi connectivity index (χ2n) is 3.61. The summed E-state index contributed by atoms with van der Waals surface area (Å²) >= 11 is 0. The number of nitrogens with one attached hydrogen (secondary N) is 1. The van der Waals surface area contributed by atoms with Gasteiger partial charge in [0.25, 0.3) is 11.9 Å². The molecule has 0 bridgehead atoms. The molecule has 5 nitrogen and oxygen atoms in total. The molecule has 0 amide bonds. The van der Waals surface area contributed by atoms with Crippen LogP contribution in [0.25, 0.3) is 0 Å². The normalized spacial score (nSPS) is 10.8. The van der Waals surface area contributed by atoms with Crippen LogP contribution in [0.2, 0.25) is 0 Å². The molecule has 0 aromatic carbocycles. The van der Waals surface area contributed by atoms with E-state index in [0.717, 1.165) is 0 Å². The van der Waals surface area contributed by atoms with E-state index >= 15 is 0 Å². The summed E-state index contributed by atoms with van der Waals surface area (Å²) in [5, 5.41) is 5.74. The van der Waals surface area contributed by atoms with Crippen LogP contribution in [0.5, 0.6) is 0 Å². The van der Waals surface area contributed by atoms with Crippen LogP contribution in [0.4, 0.5) is 23.2 Å². The van der Waals surface area contributed by atoms with Gasteiger partial charge < -0.3 is 9.84 Å². The van der Waals surface area contributed by atoms with Crippen LogP contribution < -0.4 is 5.32 Å². The number of aryl methyl sites for hydroxylation is 1. The molecular weight excluding hydrogens is 268 g/mol. The first-order chi connectivity index (χ1) is 8.99. The van der Waals surface area contributed by atoms with Crippen molar-refractivity contribution in [3.05, 3.63) is 35.2 Å². The first kappa shape index (κ1) is 13.2. The maximum absolute atomic E-state index is 13.2. The zero-order valence-electron chi connectivity index (χ0n) is 9.68. The Morgan fingerprint density at radius 3 is 2.21 bits per heavy atom. The third kappa shape index (κ3) is 2.80. The van der Waals surface area contributed by atoms with Gasteiger partial charge in [0, 0.05) is 13.0 Å². The minimum Gasteiger partial charge on any atom is -0.379 e. The number of hydrogen-bond acceptors (Lipinski definition) is 5. The van der Waals surface area contributed by atoms with E-state index in [2.05, 4.69) is 20.4 Å². The Bertz CT molecular complexity index is 575. The second kappa shape index (κ2) is 5.21. The summed E-state index contributed by atoms with van der Waals surface area (Å²) in [5.41, 5.74) is -0.916. The Hall–Kier alpha value is -2.19. The lowest BCUT2D eigenvalue weighted by atomic mass is 10.3. The lowest BCUT2D eigenvalue weighted by Gasteiger charge is -2.07. The summed E-state index contributed by atoms with van der Waals surface area (Å²) in [7, 11) is 0. The van der Waals surface area contributed by atoms with Gasteiger partial charge in [-0.05, 0) is 6.92 Å². The molecule has 0 spiro atoms. The molecule has 19 heavy (non-hydrogen) atoms. The first-order valence-corrected chi connectivity index (χ1v) is 5.22. The van der Waals surface area contributed by atoms with E-state index in [9.17, 15) is 17.6 Å². The molecule has 0 aliphatic rings. The van der Waals surface area contributed by atoms with Crippen molar-refractivity contribution >= 4 is 5.69 Å². The van der Waals surface area contributed by atoms with Crippen LogP contribution in [0, 0.1) is 30.5 Å². The van der Waals surface area contributed by atoms with Gasteiger partial charge in [-0.3, -0.25) is 0 Å². The van der Waals surface area contributed by atoms with Gasteiger partial charge >= 0.3 is 0 Å². The third-order valence-electron chi connectivity index (χ3n) is 2.21. The van der Waals surface area contributed by atoms with Crippen LogP contribution in [0.3, 0.4) is 0 Å². The molecule has 2 heterocycles. The molecule has 102 valence electrons. The Labute approximate surface area is 104 Å². The lowest BCUT2D eigenvalue weighted by Crippen LogP contribution is -2.12. The van der Waals surface area contributed by atoms with Gasteiger partial charge in [-0.15, -0.1) is 0 Å². The Morgan fingerprint density at radius 1 is 1.05 bits per heavy atom. The predicted octanol–water partition coefficient (Wildman–Crippen LogP) is 1.98. The second-order valence-corrected chi connectivity index (χ2v) is 3.61. The number of anilines is 1. The molecular formula is C10H8F4N4O. The molecule has 0 aliphatic heterocycles. The van der Waals surface area contributed by atoms with Crippen molar-refractivity contribution in [3.63, 3.8) is 0 Å². The van der Waals surface area contributed by atoms with E-state index < -0.39 is 29.2 Å². The van der Waals surface area contributed by atoms with Gasteiger partial charge in [0.15, 0.2) is 5.82 Å². The average molecular weight is 276 g/mol. The van der Waals surface area contributed by atoms with Crippen LogP contribution in [-0.4, -0.2) is 21.7 Å². The van der Waals surface area contributed by atoms with Crippen molar-refractivity contribution in [1.29, 1.82) is 0 Å². The molecule has 0 aliphatic carbocycles. The summed E-state index contributed by atoms with van der Waals surface area (Å²) in [6.07, 6.45) is 0.144. The van der Waals surface area contributed by atoms with E-state index in [4.69, 9.17) is 4.52 Å². The van der Waals surface area contributed by atoms with Crippen molar-refractivity contribution in [2.45, 2.75) is 13.3 Å². The highest BCUT2D eigenvalue weighted by Gasteiger charge is 2.20. The van der Waals surface area contributed by atoms with E-state index in [-0.39, 0.29) is 18.9 Å². The summed E-state index contributed by atoms with van der Waals surface area (Å²) in [5.74, 6) is -5.94. The van der Waals surface area contributed by atoms with E-state index in [1.165, 1.54) is 0 Å². The molecule has 0 saturated heterocycles. The molecule has 0 fully saturated rings. The number of pyridine rings is 1. The highest BCUT2D eigenvalue weighted by molar-refractivity contribution is 5.45. The van der Waals surface area contributed by atoms with Gasteiger partial charge in [0.1, 0.15) is 5.69 Å². The van der Waals surface area contributed by atoms with Crippen LogP contribution in [0.15, 0.2) is 4.52 Å². The average Bonchev–Trinajstić information content (AvgIpc) is 2.77. The van der Waals surface area contributed by atoms with Crippen molar-refractivity contribution in [2.24, 2.45) is 0 Å². The molecule has 1 N–H and O–H groups in total. The van der Waals surface area contributed by atoms with Crippen LogP contribution in [0.1, 0.15) is 11.7 Å². The standard InChI is InChI=1S/C10H8F4N4O/c1-4-16-5(19-18-4)2-3-15-8-6(11)9(13)17-10(14)7(8)12/h2-3H2,1H3,(H,15,17). The predicted molar refractivity (Wildman–Crippen MR) is 55.3 cm³/mol. The highest BCUT2D eigenvalue weighted by atomic mass is 19.2. The van der Waals surface area contributed by atoms with Crippen molar-refractivity contribution in [3.8, 4) is 0 Å². The summed E-state index contributed by atoms with van der Waals surface area (Å²) < 4.78 is 56.8. The van der Waals surface area contributed by atoms with Gasteiger partial charge in [0.2, 0.25) is 17.5 Å². The number of rotatable bonds is 4. The zero-order valence-corrected chi connectivity index (χ0v) is 9.68. The summed E-state index contributed by atoms with van der Waals surface area (Å²) in [4.78, 5) is 6.29. The Morgan fingerprint density at radius 2 is 1.68 bits per heavy atom. The van der Waals surface area contributed by atoms with Gasteiger partial charge in [-0.2, -0.15) is 27.5 Å². The number of hydrogen-bond donors (Lipinski definition) is 1. The number of halogens is 4. The van der Waals surface area contributed by atoms with Crippen LogP contribution in [-0.2, 0) is 6.42 Å². The fourth-order valence-electron chi connectivity index (χ4n) is 1.38. The van der Waals surface area contributed by atoms with E-state index in [1.807, 2.05) is 0 Å². The highest BCUT2D eigenvalue weighted by Crippen LogP contribution is 2.21. The zero-order chi connectivity index (χ0) is 14.0. The number of nitrogens with zero attached hydrogens (tertiary/aromatic N) is 3. The monoisotopic (exact) mass is 276 g/mol. The Kier molecular flexibility index (Phi) is 3.63. The van der Waals surface area contributed by atoms with Crippen molar-refractivity contribution < 1.29 is 22.1 Å². The molecule has 0 atom stereocenters. The molecule has 2 rings (SSSR count). The molecule has 2 aromatic heterocycles. The fraction of sp³-hybridized carbons (Fsp3) is 0.300. The van der Waals surface area contributed by atoms with Gasteiger partial charge in [0.05, 0.1) is 0 Å². The minimum absolute atomic E-state index is 0.0433. The smallest absolute Gasteiger partial charge is 0.253 e. The van der Waals surface area contributed by atoms with Crippen LogP contribution >= 0.6 is 0 Å². The largest absolute Gasteiger partial charge is 0.379 e. The quantitative estimate of drug-likeness (QED) is 0.683. The first-order valence-electron chi connectivity index (χ1n) is 5.22. The topological polar surface area (TPSA) is 63.8 Å². The van der Waals surface area contributed by atoms with Crippen molar-refractivity contribution in [2.75, 3.05) is 11.9 Å². The molecule has 0 radical (unpaired) electrons. The third-order valence-corrected chi connectivity index (χ3v) is 2.21. The maximum atomic E-state index is 13.2. The fourth-order valence-corrected chi connectivity index (χ4v) is 1.38. The lowest BCUT2D eigenvalue weighted by molar-refractivity contribution is 0.376. The van der Waals surface area contributed by atoms with Gasteiger partial charge in [-0.1, -0.05) is 5.16 Å². The van der Waals surface area contributed by atoms with Crippen molar-refractivity contribution in [1.82, 2.24) is 15.1 Å². The van der Waals surface area contributed by atoms with E-state index in [1.54, 1.807) is 6.92 Å². The molecule has 2 aromatic rings. The SMILES string of the molecule is Cc1noc(CCNc2c(F)c(F)nc(F)c2F)n1. The molecule has 9 heteroatoms. The molecule has 0 saturated carbocycles. The number of aromatic nitrogens is 3. The minimum atomic E-state index is -1.71.